The van der Waals surface area contributed by atoms with Gasteiger partial charge in [-0.15, -0.1) is 0 Å². The Labute approximate surface area is 250 Å². The molecule has 2 atom stereocenters. The van der Waals surface area contributed by atoms with Crippen molar-refractivity contribution in [2.45, 2.75) is 19.3 Å². The molecule has 0 saturated carbocycles. The highest BCUT2D eigenvalue weighted by Crippen LogP contribution is 2.39. The number of Topliss-reactive ketones (excluding diaryl/α,β-unsaturated/α-hetero) is 2. The number of hydrogen-bond acceptors (Lipinski definition) is 5. The van der Waals surface area contributed by atoms with Crippen LogP contribution in [0.15, 0.2) is 108 Å². The third-order valence-electron chi connectivity index (χ3n) is 7.84. The summed E-state index contributed by atoms with van der Waals surface area (Å²) < 4.78 is 0.955. The Morgan fingerprint density at radius 3 is 2.48 bits per heavy atom. The van der Waals surface area contributed by atoms with E-state index in [1.165, 1.54) is 12.4 Å². The van der Waals surface area contributed by atoms with Crippen LogP contribution in [-0.4, -0.2) is 32.6 Å². The average molecular weight is 617 g/mol. The van der Waals surface area contributed by atoms with Gasteiger partial charge in [0.15, 0.2) is 11.6 Å². The van der Waals surface area contributed by atoms with Crippen LogP contribution in [0, 0.1) is 5.92 Å². The second-order valence-corrected chi connectivity index (χ2v) is 11.3. The van der Waals surface area contributed by atoms with Crippen LogP contribution in [0.25, 0.3) is 32.4 Å². The molecule has 1 aliphatic rings. The molecule has 6 aromatic rings. The molecule has 7 heteroatoms. The molecule has 0 radical (unpaired) electrons. The number of hydrogen-bond donors (Lipinski definition) is 1. The minimum Gasteiger partial charge on any atom is -0.478 e. The number of halogens is 1. The molecule has 1 N–H and O–H groups in total. The Morgan fingerprint density at radius 1 is 0.857 bits per heavy atom. The third kappa shape index (κ3) is 5.08. The van der Waals surface area contributed by atoms with Gasteiger partial charge in [0.25, 0.3) is 0 Å². The fraction of sp³-hybridized carbons (Fsp3) is 0.114. The van der Waals surface area contributed by atoms with E-state index in [0.717, 1.165) is 53.6 Å². The van der Waals surface area contributed by atoms with E-state index >= 15 is 0 Å². The molecule has 1 aliphatic carbocycles. The zero-order valence-electron chi connectivity index (χ0n) is 22.6. The molecule has 5 aromatic carbocycles. The van der Waals surface area contributed by atoms with Gasteiger partial charge in [0.2, 0.25) is 0 Å². The molecule has 206 valence electrons. The van der Waals surface area contributed by atoms with E-state index in [0.29, 0.717) is 6.42 Å². The first kappa shape index (κ1) is 27.4. The lowest BCUT2D eigenvalue weighted by atomic mass is 9.72. The molecule has 7 rings (SSSR count). The van der Waals surface area contributed by atoms with Gasteiger partial charge in [0.1, 0.15) is 6.33 Å². The van der Waals surface area contributed by atoms with Crippen molar-refractivity contribution in [3.63, 3.8) is 0 Å². The standard InChI is InChI=1S/C26H19BrO2.C9H6N2O2/c1-15-19-11-12-21-20-8-3-2-6-17(20)9-10-22(21)24(19)26(29)23(25(15)28)14-16-5-4-7-18(27)13-16;12-9(13)6-1-2-8-7(3-6)4-10-5-11-8/h2-13,15,23H,14H2,1H3;1-5H,(H,12,13). The van der Waals surface area contributed by atoms with Crippen molar-refractivity contribution in [1.82, 2.24) is 9.97 Å². The van der Waals surface area contributed by atoms with Gasteiger partial charge in [-0.05, 0) is 69.4 Å². The van der Waals surface area contributed by atoms with Gasteiger partial charge in [0.05, 0.1) is 17.0 Å². The van der Waals surface area contributed by atoms with Crippen LogP contribution in [0.1, 0.15) is 44.7 Å². The number of aromatic nitrogens is 2. The maximum Gasteiger partial charge on any atom is 0.335 e. The first-order valence-electron chi connectivity index (χ1n) is 13.5. The van der Waals surface area contributed by atoms with Crippen molar-refractivity contribution in [2.24, 2.45) is 5.92 Å². The summed E-state index contributed by atoms with van der Waals surface area (Å²) in [5.41, 5.74) is 3.57. The van der Waals surface area contributed by atoms with Gasteiger partial charge < -0.3 is 5.11 Å². The van der Waals surface area contributed by atoms with Crippen molar-refractivity contribution in [1.29, 1.82) is 0 Å². The molecule has 42 heavy (non-hydrogen) atoms. The average Bonchev–Trinajstić information content (AvgIpc) is 3.01. The topological polar surface area (TPSA) is 97.2 Å². The Balaban J connectivity index is 0.000000203. The van der Waals surface area contributed by atoms with E-state index in [1.54, 1.807) is 18.3 Å². The van der Waals surface area contributed by atoms with Crippen molar-refractivity contribution >= 4 is 65.9 Å². The van der Waals surface area contributed by atoms with Gasteiger partial charge in [-0.25, -0.2) is 14.8 Å². The SMILES string of the molecule is CC1C(=O)C(Cc2cccc(Br)c2)C(=O)c2c1ccc1c2ccc2ccccc21.O=C(O)c1ccc2ncncc2c1. The summed E-state index contributed by atoms with van der Waals surface area (Å²) >= 11 is 3.48. The highest BCUT2D eigenvalue weighted by Gasteiger charge is 2.39. The minimum atomic E-state index is -0.939. The van der Waals surface area contributed by atoms with Crippen molar-refractivity contribution in [3.05, 3.63) is 130 Å². The summed E-state index contributed by atoms with van der Waals surface area (Å²) in [4.78, 5) is 45.1. The summed E-state index contributed by atoms with van der Waals surface area (Å²) in [5.74, 6) is -1.89. The molecule has 1 heterocycles. The van der Waals surface area contributed by atoms with Gasteiger partial charge in [-0.3, -0.25) is 9.59 Å². The van der Waals surface area contributed by atoms with Crippen LogP contribution in [0.5, 0.6) is 0 Å². The lowest BCUT2D eigenvalue weighted by Crippen LogP contribution is -2.35. The molecular formula is C35H25BrN2O4. The Hall–Kier alpha value is -4.75. The van der Waals surface area contributed by atoms with Crippen LogP contribution >= 0.6 is 15.9 Å². The number of aromatic carboxylic acids is 1. The minimum absolute atomic E-state index is 0.0163. The van der Waals surface area contributed by atoms with E-state index in [2.05, 4.69) is 50.2 Å². The van der Waals surface area contributed by atoms with Crippen molar-refractivity contribution < 1.29 is 19.5 Å². The monoisotopic (exact) mass is 616 g/mol. The zero-order chi connectivity index (χ0) is 29.4. The largest absolute Gasteiger partial charge is 0.478 e. The highest BCUT2D eigenvalue weighted by molar-refractivity contribution is 9.10. The number of nitrogens with zero attached hydrogens (tertiary/aromatic N) is 2. The summed E-state index contributed by atoms with van der Waals surface area (Å²) in [5, 5.41) is 13.7. The Bertz CT molecular complexity index is 2040. The molecule has 0 spiro atoms. The smallest absolute Gasteiger partial charge is 0.335 e. The van der Waals surface area contributed by atoms with Crippen LogP contribution in [0.3, 0.4) is 0 Å². The predicted molar refractivity (Wildman–Crippen MR) is 167 cm³/mol. The Kier molecular flexibility index (Phi) is 7.35. The first-order valence-corrected chi connectivity index (χ1v) is 14.3. The van der Waals surface area contributed by atoms with E-state index in [9.17, 15) is 14.4 Å². The third-order valence-corrected chi connectivity index (χ3v) is 8.33. The van der Waals surface area contributed by atoms with Gasteiger partial charge in [-0.1, -0.05) is 83.5 Å². The molecule has 2 unspecified atom stereocenters. The number of rotatable bonds is 3. The van der Waals surface area contributed by atoms with Gasteiger partial charge in [0, 0.05) is 27.5 Å². The number of ketones is 2. The molecule has 0 fully saturated rings. The van der Waals surface area contributed by atoms with E-state index in [4.69, 9.17) is 5.11 Å². The number of carboxylic acid groups (broad SMARTS) is 1. The van der Waals surface area contributed by atoms with E-state index in [-0.39, 0.29) is 23.0 Å². The number of carbonyl (C=O) groups is 3. The number of carbonyl (C=O) groups excluding carboxylic acids is 2. The first-order chi connectivity index (χ1) is 20.3. The molecule has 0 bridgehead atoms. The lowest BCUT2D eigenvalue weighted by molar-refractivity contribution is -0.122. The Morgan fingerprint density at radius 2 is 1.67 bits per heavy atom. The highest BCUT2D eigenvalue weighted by atomic mass is 79.9. The fourth-order valence-corrected chi connectivity index (χ4v) is 6.16. The summed E-state index contributed by atoms with van der Waals surface area (Å²) in [6, 6.07) is 28.9. The number of benzene rings is 5. The van der Waals surface area contributed by atoms with Crippen LogP contribution in [0.4, 0.5) is 0 Å². The molecule has 0 saturated heterocycles. The second-order valence-electron chi connectivity index (χ2n) is 10.4. The molecular weight excluding hydrogens is 592 g/mol. The molecule has 1 aromatic heterocycles. The second kappa shape index (κ2) is 11.3. The summed E-state index contributed by atoms with van der Waals surface area (Å²) in [6.07, 6.45) is 3.46. The van der Waals surface area contributed by atoms with Crippen molar-refractivity contribution in [2.75, 3.05) is 0 Å². The summed E-state index contributed by atoms with van der Waals surface area (Å²) in [6.45, 7) is 1.92. The quantitative estimate of drug-likeness (QED) is 0.161. The van der Waals surface area contributed by atoms with Crippen LogP contribution in [0.2, 0.25) is 0 Å². The lowest BCUT2D eigenvalue weighted by Gasteiger charge is -2.28. The van der Waals surface area contributed by atoms with E-state index < -0.39 is 11.9 Å². The number of fused-ring (bicyclic) bond motifs is 6. The maximum absolute atomic E-state index is 13.6. The van der Waals surface area contributed by atoms with Crippen LogP contribution in [-0.2, 0) is 11.2 Å². The van der Waals surface area contributed by atoms with Crippen molar-refractivity contribution in [3.8, 4) is 0 Å². The molecule has 0 amide bonds. The molecule has 6 nitrogen and oxygen atoms in total. The van der Waals surface area contributed by atoms with Gasteiger partial charge in [-0.2, -0.15) is 0 Å². The fourth-order valence-electron chi connectivity index (χ4n) is 5.71. The predicted octanol–water partition coefficient (Wildman–Crippen LogP) is 7.81. The van der Waals surface area contributed by atoms with Crippen LogP contribution < -0.4 is 0 Å². The normalized spacial score (nSPS) is 16.2. The number of carboxylic acids is 1. The van der Waals surface area contributed by atoms with Gasteiger partial charge >= 0.3 is 5.97 Å². The molecule has 0 aliphatic heterocycles. The van der Waals surface area contributed by atoms with E-state index in [1.807, 2.05) is 55.5 Å². The maximum atomic E-state index is 13.6. The summed E-state index contributed by atoms with van der Waals surface area (Å²) in [7, 11) is 0. The zero-order valence-corrected chi connectivity index (χ0v) is 24.2.